The van der Waals surface area contributed by atoms with Gasteiger partial charge in [-0.25, -0.2) is 4.98 Å². The molecule has 6 N–H and O–H groups in total. The second-order valence-electron chi connectivity index (χ2n) is 16.8. The lowest BCUT2D eigenvalue weighted by Gasteiger charge is -2.09. The largest absolute Gasteiger partial charge is 0.618 e. The average Bonchev–Trinajstić information content (AvgIpc) is 3.55. The van der Waals surface area contributed by atoms with E-state index in [4.69, 9.17) is 32.9 Å². The SMILES string of the molecule is C.CCCCO.COc1ccc(CNc2ccnc3cccnc23)cc1.Cc1ccc(CN)cc1.Clc1ccnc2cccnc12.Nc1ccnc2cccnc12.O=P(Cl)(Cl)Cl.[O-][n+]1cccc2ncccc21.c1cnc2cccnc2c1. The van der Waals surface area contributed by atoms with Gasteiger partial charge in [0.2, 0.25) is 5.52 Å². The van der Waals surface area contributed by atoms with Gasteiger partial charge in [0.05, 0.1) is 51.1 Å². The standard InChI is InChI=1S/C16H15N3O.C8H5ClN2.C8H7N3.C8H6N2O.C8H6N2.C8H11N.C4H10O.CH4.Cl3OP/c1-20-13-6-4-12(5-7-13)11-19-15-8-10-17-14-3-2-9-18-16(14)15;2*9-6-3-5-10-7-2-1-4-11-8(6)7;11-10-6-2-3-7-8(10)4-1-5-9-7;1-3-7-8(9-5-1)4-2-6-10-7;1-7-2-4-8(6-9)5-3-7;1-2-3-4-5;;1-5(2,3)4/h2-10H,11H2,1H3,(H,17,19);1-5H;1-5H,(H2,9,10);1-6H;1-6H;2-5H,6,9H2,1H3;5H,2-4H2,1H3;1H4;. The molecule has 10 heterocycles. The molecule has 0 aliphatic rings. The number of hydrogen-bond acceptors (Lipinski definition) is 16. The van der Waals surface area contributed by atoms with Crippen molar-refractivity contribution >= 4 is 117 Å². The van der Waals surface area contributed by atoms with E-state index >= 15 is 0 Å². The fourth-order valence-electron chi connectivity index (χ4n) is 6.81. The topological polar surface area (TPSA) is 254 Å². The van der Waals surface area contributed by atoms with Crippen molar-refractivity contribution in [2.75, 3.05) is 24.8 Å². The molecule has 0 saturated carbocycles. The zero-order valence-corrected chi connectivity index (χ0v) is 48.9. The predicted octanol–water partition coefficient (Wildman–Crippen LogP) is 14.9. The van der Waals surface area contributed by atoms with Crippen molar-refractivity contribution in [2.24, 2.45) is 5.73 Å². The Morgan fingerprint density at radius 1 is 0.578 bits per heavy atom. The molecule has 0 bridgehead atoms. The number of fused-ring (bicyclic) bond motifs is 5. The third-order valence-corrected chi connectivity index (χ3v) is 11.2. The van der Waals surface area contributed by atoms with E-state index in [0.717, 1.165) is 85.2 Å². The molecule has 17 nitrogen and oxygen atoms in total. The number of rotatable bonds is 7. The lowest BCUT2D eigenvalue weighted by atomic mass is 10.2. The molecule has 0 spiro atoms. The molecule has 12 rings (SSSR count). The van der Waals surface area contributed by atoms with E-state index < -0.39 is 5.20 Å². The molecule has 0 fully saturated rings. The Balaban J connectivity index is 0.000000211. The van der Waals surface area contributed by atoms with Crippen LogP contribution >= 0.6 is 50.5 Å². The first-order chi connectivity index (χ1) is 39.7. The average molecular weight is 1220 g/mol. The van der Waals surface area contributed by atoms with Crippen LogP contribution in [-0.4, -0.2) is 63.7 Å². The summed E-state index contributed by atoms with van der Waals surface area (Å²) in [6.07, 6.45) is 19.0. The number of methoxy groups -OCH3 is 1. The van der Waals surface area contributed by atoms with Gasteiger partial charge in [0.15, 0.2) is 6.20 Å². The quantitative estimate of drug-likeness (QED) is 0.0657. The van der Waals surface area contributed by atoms with Crippen molar-refractivity contribution in [2.45, 2.75) is 47.2 Å². The highest BCUT2D eigenvalue weighted by atomic mass is 36.0. The molecule has 0 unspecified atom stereocenters. The number of halogens is 4. The summed E-state index contributed by atoms with van der Waals surface area (Å²) in [5.74, 6) is 0.866. The molecule has 0 amide bonds. The van der Waals surface area contributed by atoms with Crippen molar-refractivity contribution in [1.29, 1.82) is 0 Å². The van der Waals surface area contributed by atoms with Crippen molar-refractivity contribution < 1.29 is 19.1 Å². The van der Waals surface area contributed by atoms with Gasteiger partial charge in [0.25, 0.3) is 0 Å². The first-order valence-corrected chi connectivity index (χ1v) is 30.0. The van der Waals surface area contributed by atoms with E-state index in [2.05, 4.69) is 122 Å². The third kappa shape index (κ3) is 24.4. The summed E-state index contributed by atoms with van der Waals surface area (Å²) in [5, 5.41) is 19.9. The van der Waals surface area contributed by atoms with E-state index in [1.54, 1.807) is 93.2 Å². The number of aromatic nitrogens is 10. The van der Waals surface area contributed by atoms with Gasteiger partial charge < -0.3 is 31.8 Å². The third-order valence-electron chi connectivity index (χ3n) is 10.9. The highest BCUT2D eigenvalue weighted by molar-refractivity contribution is 8.24. The first-order valence-electron chi connectivity index (χ1n) is 25.2. The number of aliphatic hydroxyl groups excluding tert-OH is 1. The molecule has 430 valence electrons. The highest BCUT2D eigenvalue weighted by Crippen LogP contribution is 2.61. The van der Waals surface area contributed by atoms with Gasteiger partial charge in [-0.3, -0.25) is 44.4 Å². The number of ether oxygens (including phenoxy) is 1. The van der Waals surface area contributed by atoms with Crippen molar-refractivity contribution in [3.8, 4) is 5.75 Å². The smallest absolute Gasteiger partial charge is 0.339 e. The molecule has 83 heavy (non-hydrogen) atoms. The summed E-state index contributed by atoms with van der Waals surface area (Å²) in [5.41, 5.74) is 24.6. The van der Waals surface area contributed by atoms with Gasteiger partial charge in [-0.1, -0.05) is 74.3 Å². The monoisotopic (exact) mass is 1210 g/mol. The van der Waals surface area contributed by atoms with Gasteiger partial charge in [-0.15, -0.1) is 0 Å². The Morgan fingerprint density at radius 2 is 1.02 bits per heavy atom. The Bertz CT molecular complexity index is 3580. The molecule has 2 aromatic carbocycles. The van der Waals surface area contributed by atoms with Crippen LogP contribution in [0.1, 0.15) is 43.9 Å². The maximum atomic E-state index is 11.1. The molecule has 0 aliphatic carbocycles. The zero-order valence-electron chi connectivity index (χ0n) is 45.0. The first kappa shape index (κ1) is 67.3. The number of nitrogen functional groups attached to an aromatic ring is 1. The number of hydrogen-bond donors (Lipinski definition) is 4. The Hall–Kier alpha value is -8.25. The second kappa shape index (κ2) is 37.0. The van der Waals surface area contributed by atoms with Crippen LogP contribution in [0.4, 0.5) is 11.4 Å². The molecule has 0 atom stereocenters. The molecule has 0 radical (unpaired) electrons. The van der Waals surface area contributed by atoms with Gasteiger partial charge in [-0.05, 0) is 161 Å². The van der Waals surface area contributed by atoms with Gasteiger partial charge >= 0.3 is 5.20 Å². The van der Waals surface area contributed by atoms with Gasteiger partial charge in [0, 0.05) is 87.6 Å². The molecule has 22 heteroatoms. The number of nitrogens with zero attached hydrogens (tertiary/aromatic N) is 10. The van der Waals surface area contributed by atoms with Crippen LogP contribution in [0.5, 0.6) is 5.75 Å². The molecule has 0 saturated heterocycles. The summed E-state index contributed by atoms with van der Waals surface area (Å²) >= 11 is 19.7. The van der Waals surface area contributed by atoms with Crippen LogP contribution < -0.4 is 26.3 Å². The Morgan fingerprint density at radius 3 is 1.53 bits per heavy atom. The number of aliphatic hydroxyl groups is 1. The lowest BCUT2D eigenvalue weighted by Crippen LogP contribution is -2.25. The van der Waals surface area contributed by atoms with Crippen LogP contribution in [0.25, 0.3) is 55.2 Å². The van der Waals surface area contributed by atoms with E-state index in [1.807, 2.05) is 97.1 Å². The second-order valence-corrected chi connectivity index (χ2v) is 23.9. The number of anilines is 2. The number of pyridine rings is 10. The van der Waals surface area contributed by atoms with Crippen molar-refractivity contribution in [3.63, 3.8) is 0 Å². The molecular weight excluding hydrogens is 1150 g/mol. The number of benzene rings is 2. The summed E-state index contributed by atoms with van der Waals surface area (Å²) in [6.45, 7) is 5.84. The van der Waals surface area contributed by atoms with Crippen molar-refractivity contribution in [1.82, 2.24) is 44.9 Å². The van der Waals surface area contributed by atoms with Gasteiger partial charge in [-0.2, -0.15) is 4.73 Å². The highest BCUT2D eigenvalue weighted by Gasteiger charge is 2.05. The van der Waals surface area contributed by atoms with Crippen LogP contribution in [0.15, 0.2) is 214 Å². The number of unbranched alkanes of at least 4 members (excludes halogenated alkanes) is 1. The van der Waals surface area contributed by atoms with Crippen LogP contribution in [-0.2, 0) is 17.7 Å². The number of aryl methyl sites for hydroxylation is 1. The zero-order chi connectivity index (χ0) is 59.0. The lowest BCUT2D eigenvalue weighted by molar-refractivity contribution is -0.577. The minimum atomic E-state index is -3.22. The predicted molar refractivity (Wildman–Crippen MR) is 342 cm³/mol. The fourth-order valence-corrected chi connectivity index (χ4v) is 7.01. The maximum absolute atomic E-state index is 11.1. The fraction of sp³-hybridized carbons (Fsp3) is 0.148. The summed E-state index contributed by atoms with van der Waals surface area (Å²) in [6, 6.07) is 47.6. The minimum absolute atomic E-state index is 0. The Kier molecular flexibility index (Phi) is 30.0. The molecule has 12 aromatic rings. The number of nitrogens with one attached hydrogen (secondary N) is 1. The maximum Gasteiger partial charge on any atom is 0.339 e. The molecule has 10 aromatic heterocycles. The minimum Gasteiger partial charge on any atom is -0.618 e. The normalized spacial score (nSPS) is 10.0. The van der Waals surface area contributed by atoms with E-state index in [1.165, 1.54) is 22.9 Å². The summed E-state index contributed by atoms with van der Waals surface area (Å²) in [7, 11) is 1.67. The molecular formula is C61H64Cl4N13O4P. The van der Waals surface area contributed by atoms with Crippen molar-refractivity contribution in [3.05, 3.63) is 241 Å². The summed E-state index contributed by atoms with van der Waals surface area (Å²) < 4.78 is 15.5. The van der Waals surface area contributed by atoms with Crippen LogP contribution in [0.3, 0.4) is 0 Å². The summed E-state index contributed by atoms with van der Waals surface area (Å²) in [4.78, 5) is 37.3. The van der Waals surface area contributed by atoms with E-state index in [-0.39, 0.29) is 7.43 Å². The van der Waals surface area contributed by atoms with Crippen LogP contribution in [0.2, 0.25) is 5.02 Å². The van der Waals surface area contributed by atoms with Crippen LogP contribution in [0, 0.1) is 12.1 Å². The molecule has 0 aliphatic heterocycles. The van der Waals surface area contributed by atoms with Gasteiger partial charge in [0.1, 0.15) is 27.8 Å². The Labute approximate surface area is 502 Å². The number of nitrogens with two attached hydrogens (primary N) is 2. The van der Waals surface area contributed by atoms with E-state index in [9.17, 15) is 9.77 Å². The van der Waals surface area contributed by atoms with E-state index in [0.29, 0.717) is 29.4 Å².